The van der Waals surface area contributed by atoms with E-state index in [0.29, 0.717) is 48.0 Å². The lowest BCUT2D eigenvalue weighted by molar-refractivity contribution is 0.0203. The summed E-state index contributed by atoms with van der Waals surface area (Å²) in [6.45, 7) is 8.68. The Balaban J connectivity index is 1.61. The van der Waals surface area contributed by atoms with Gasteiger partial charge in [0.2, 0.25) is 0 Å². The summed E-state index contributed by atoms with van der Waals surface area (Å²) in [7, 11) is 1.54. The Labute approximate surface area is 222 Å². The standard InChI is InChI=1S/C28H33ClN4O4/c1-18-6-9-21(10-7-18)33-25(19-12-14-32(15-13-19)27(35)37-28(2,3)4)22(17-30-33)26(34)31-20-8-11-24(36-5)23(29)16-20/h6-11,16-17,19H,12-15H2,1-5H3,(H,31,34). The number of hydrogen-bond acceptors (Lipinski definition) is 5. The SMILES string of the molecule is COc1ccc(NC(=O)c2cnn(-c3ccc(C)cc3)c2C2CCN(C(=O)OC(C)(C)C)CC2)cc1Cl. The van der Waals surface area contributed by atoms with Gasteiger partial charge in [-0.15, -0.1) is 0 Å². The molecule has 2 amide bonds. The number of rotatable bonds is 5. The number of nitrogens with zero attached hydrogens (tertiary/aromatic N) is 3. The molecular formula is C28H33ClN4O4. The lowest BCUT2D eigenvalue weighted by Gasteiger charge is -2.34. The number of amides is 2. The van der Waals surface area contributed by atoms with Gasteiger partial charge in [0.1, 0.15) is 11.4 Å². The van der Waals surface area contributed by atoms with Crippen LogP contribution in [0.15, 0.2) is 48.7 Å². The third-order valence-corrected chi connectivity index (χ3v) is 6.57. The van der Waals surface area contributed by atoms with Crippen LogP contribution in [0, 0.1) is 6.92 Å². The fraction of sp³-hybridized carbons (Fsp3) is 0.393. The highest BCUT2D eigenvalue weighted by molar-refractivity contribution is 6.32. The van der Waals surface area contributed by atoms with Gasteiger partial charge in [-0.2, -0.15) is 5.10 Å². The molecule has 0 atom stereocenters. The fourth-order valence-electron chi connectivity index (χ4n) is 4.42. The number of ether oxygens (including phenoxy) is 2. The smallest absolute Gasteiger partial charge is 0.410 e. The summed E-state index contributed by atoms with van der Waals surface area (Å²) in [5.41, 5.74) is 3.34. The topological polar surface area (TPSA) is 85.7 Å². The van der Waals surface area contributed by atoms with Crippen LogP contribution in [0.4, 0.5) is 10.5 Å². The molecule has 1 fully saturated rings. The molecule has 0 unspecified atom stereocenters. The van der Waals surface area contributed by atoms with Crippen molar-refractivity contribution in [3.8, 4) is 11.4 Å². The second-order valence-electron chi connectivity index (χ2n) is 10.2. The van der Waals surface area contributed by atoms with Gasteiger partial charge in [0.15, 0.2) is 0 Å². The normalized spacial score (nSPS) is 14.4. The molecule has 4 rings (SSSR count). The summed E-state index contributed by atoms with van der Waals surface area (Å²) in [6.07, 6.45) is 2.67. The highest BCUT2D eigenvalue weighted by Gasteiger charge is 2.32. The van der Waals surface area contributed by atoms with Gasteiger partial charge in [-0.1, -0.05) is 29.3 Å². The minimum atomic E-state index is -0.548. The molecule has 8 nitrogen and oxygen atoms in total. The number of aromatic nitrogens is 2. The minimum Gasteiger partial charge on any atom is -0.495 e. The second-order valence-corrected chi connectivity index (χ2v) is 10.6. The first-order chi connectivity index (χ1) is 17.6. The van der Waals surface area contributed by atoms with E-state index in [1.165, 1.54) is 0 Å². The Kier molecular flexibility index (Phi) is 7.78. The van der Waals surface area contributed by atoms with E-state index in [2.05, 4.69) is 10.4 Å². The van der Waals surface area contributed by atoms with E-state index in [9.17, 15) is 9.59 Å². The third kappa shape index (κ3) is 6.25. The van der Waals surface area contributed by atoms with Crippen molar-refractivity contribution in [1.82, 2.24) is 14.7 Å². The summed E-state index contributed by atoms with van der Waals surface area (Å²) in [5, 5.41) is 7.95. The fourth-order valence-corrected chi connectivity index (χ4v) is 4.68. The van der Waals surface area contributed by atoms with Crippen LogP contribution in [0.2, 0.25) is 5.02 Å². The maximum atomic E-state index is 13.4. The first kappa shape index (κ1) is 26.5. The Hall–Kier alpha value is -3.52. The number of benzene rings is 2. The molecular weight excluding hydrogens is 492 g/mol. The first-order valence-electron chi connectivity index (χ1n) is 12.3. The van der Waals surface area contributed by atoms with Crippen LogP contribution in [-0.2, 0) is 4.74 Å². The maximum absolute atomic E-state index is 13.4. The highest BCUT2D eigenvalue weighted by Crippen LogP contribution is 2.34. The Morgan fingerprint density at radius 2 is 1.76 bits per heavy atom. The van der Waals surface area contributed by atoms with Crippen LogP contribution in [-0.4, -0.2) is 52.5 Å². The molecule has 0 radical (unpaired) electrons. The van der Waals surface area contributed by atoms with Gasteiger partial charge in [0, 0.05) is 24.7 Å². The van der Waals surface area contributed by atoms with E-state index >= 15 is 0 Å². The van der Waals surface area contributed by atoms with E-state index < -0.39 is 5.60 Å². The van der Waals surface area contributed by atoms with E-state index in [4.69, 9.17) is 21.1 Å². The number of likely N-dealkylation sites (tertiary alicyclic amines) is 1. The van der Waals surface area contributed by atoms with Gasteiger partial charge < -0.3 is 19.7 Å². The predicted molar refractivity (Wildman–Crippen MR) is 144 cm³/mol. The van der Waals surface area contributed by atoms with E-state index in [0.717, 1.165) is 16.9 Å². The van der Waals surface area contributed by atoms with E-state index in [1.807, 2.05) is 56.6 Å². The zero-order valence-electron chi connectivity index (χ0n) is 21.9. The van der Waals surface area contributed by atoms with Crippen molar-refractivity contribution in [1.29, 1.82) is 0 Å². The van der Waals surface area contributed by atoms with Crippen LogP contribution in [0.25, 0.3) is 5.69 Å². The molecule has 1 aliphatic rings. The van der Waals surface area contributed by atoms with Crippen molar-refractivity contribution in [3.63, 3.8) is 0 Å². The van der Waals surface area contributed by atoms with Gasteiger partial charge >= 0.3 is 6.09 Å². The van der Waals surface area contributed by atoms with Crippen molar-refractivity contribution in [2.24, 2.45) is 0 Å². The number of piperidine rings is 1. The lowest BCUT2D eigenvalue weighted by Crippen LogP contribution is -2.41. The summed E-state index contributed by atoms with van der Waals surface area (Å²) in [6, 6.07) is 13.1. The summed E-state index contributed by atoms with van der Waals surface area (Å²) in [4.78, 5) is 27.8. The molecule has 0 saturated carbocycles. The number of anilines is 1. The van der Waals surface area contributed by atoms with E-state index in [-0.39, 0.29) is 17.9 Å². The molecule has 37 heavy (non-hydrogen) atoms. The van der Waals surface area contributed by atoms with Crippen molar-refractivity contribution >= 4 is 29.3 Å². The van der Waals surface area contributed by atoms with Gasteiger partial charge in [0.25, 0.3) is 5.91 Å². The second kappa shape index (κ2) is 10.8. The van der Waals surface area contributed by atoms with Gasteiger partial charge in [0.05, 0.1) is 35.3 Å². The lowest BCUT2D eigenvalue weighted by atomic mass is 9.90. The Bertz CT molecular complexity index is 1270. The van der Waals surface area contributed by atoms with Gasteiger partial charge in [-0.3, -0.25) is 4.79 Å². The summed E-state index contributed by atoms with van der Waals surface area (Å²) in [5.74, 6) is 0.288. The molecule has 0 aliphatic carbocycles. The number of nitrogens with one attached hydrogen (secondary N) is 1. The number of carbonyl (C=O) groups excluding carboxylic acids is 2. The largest absolute Gasteiger partial charge is 0.495 e. The average molecular weight is 525 g/mol. The van der Waals surface area contributed by atoms with Gasteiger partial charge in [-0.05, 0) is 70.9 Å². The van der Waals surface area contributed by atoms with Crippen molar-refractivity contribution in [2.45, 2.75) is 52.1 Å². The summed E-state index contributed by atoms with van der Waals surface area (Å²) >= 11 is 6.25. The number of methoxy groups -OCH3 is 1. The molecule has 2 aromatic carbocycles. The molecule has 1 saturated heterocycles. The quantitative estimate of drug-likeness (QED) is 0.429. The number of halogens is 1. The number of hydrogen-bond donors (Lipinski definition) is 1. The predicted octanol–water partition coefficient (Wildman–Crippen LogP) is 6.21. The third-order valence-electron chi connectivity index (χ3n) is 6.27. The molecule has 1 N–H and O–H groups in total. The zero-order chi connectivity index (χ0) is 26.7. The number of aryl methyl sites for hydroxylation is 1. The van der Waals surface area contributed by atoms with Crippen LogP contribution < -0.4 is 10.1 Å². The van der Waals surface area contributed by atoms with Crippen molar-refractivity contribution in [2.75, 3.05) is 25.5 Å². The van der Waals surface area contributed by atoms with Crippen LogP contribution in [0.3, 0.4) is 0 Å². The molecule has 0 bridgehead atoms. The van der Waals surface area contributed by atoms with Crippen LogP contribution >= 0.6 is 11.6 Å². The molecule has 1 aliphatic heterocycles. The highest BCUT2D eigenvalue weighted by atomic mass is 35.5. The van der Waals surface area contributed by atoms with Crippen LogP contribution in [0.5, 0.6) is 5.75 Å². The molecule has 9 heteroatoms. The molecule has 0 spiro atoms. The average Bonchev–Trinajstić information content (AvgIpc) is 3.29. The zero-order valence-corrected chi connectivity index (χ0v) is 22.6. The number of carbonyl (C=O) groups is 2. The minimum absolute atomic E-state index is 0.0303. The molecule has 1 aromatic heterocycles. The van der Waals surface area contributed by atoms with Crippen molar-refractivity contribution in [3.05, 3.63) is 70.5 Å². The summed E-state index contributed by atoms with van der Waals surface area (Å²) < 4.78 is 12.6. The monoisotopic (exact) mass is 524 g/mol. The Morgan fingerprint density at radius 3 is 2.35 bits per heavy atom. The first-order valence-corrected chi connectivity index (χ1v) is 12.7. The molecule has 3 aromatic rings. The Morgan fingerprint density at radius 1 is 1.08 bits per heavy atom. The van der Waals surface area contributed by atoms with E-state index in [1.54, 1.807) is 36.4 Å². The van der Waals surface area contributed by atoms with Crippen LogP contribution in [0.1, 0.15) is 61.1 Å². The van der Waals surface area contributed by atoms with Crippen molar-refractivity contribution < 1.29 is 19.1 Å². The molecule has 196 valence electrons. The van der Waals surface area contributed by atoms with Gasteiger partial charge in [-0.25, -0.2) is 9.48 Å². The molecule has 2 heterocycles. The maximum Gasteiger partial charge on any atom is 0.410 e.